The molecule has 0 bridgehead atoms. The van der Waals surface area contributed by atoms with Gasteiger partial charge in [-0.25, -0.2) is 18.8 Å². The summed E-state index contributed by atoms with van der Waals surface area (Å²) in [5, 5.41) is 7.37. The quantitative estimate of drug-likeness (QED) is 0.320. The van der Waals surface area contributed by atoms with E-state index in [0.717, 1.165) is 28.1 Å². The first-order chi connectivity index (χ1) is 19.8. The van der Waals surface area contributed by atoms with E-state index >= 15 is 0 Å². The largest absolute Gasteiger partial charge is 0.368 e. The summed E-state index contributed by atoms with van der Waals surface area (Å²) in [7, 11) is 0. The minimum absolute atomic E-state index is 0.0833. The van der Waals surface area contributed by atoms with E-state index in [2.05, 4.69) is 15.3 Å². The minimum Gasteiger partial charge on any atom is -0.368 e. The van der Waals surface area contributed by atoms with Crippen molar-refractivity contribution >= 4 is 23.2 Å². The number of urea groups is 1. The lowest BCUT2D eigenvalue weighted by molar-refractivity contribution is 0.0911. The van der Waals surface area contributed by atoms with Gasteiger partial charge in [-0.05, 0) is 62.6 Å². The smallest absolute Gasteiger partial charge is 0.351 e. The molecule has 0 spiro atoms. The average Bonchev–Trinajstić information content (AvgIpc) is 3.36. The van der Waals surface area contributed by atoms with E-state index in [-0.39, 0.29) is 17.5 Å². The Kier molecular flexibility index (Phi) is 8.05. The Morgan fingerprint density at radius 3 is 2.07 bits per heavy atom. The number of rotatable bonds is 7. The number of nitrogens with zero attached hydrogens (tertiary/aromatic N) is 5. The first-order valence-corrected chi connectivity index (χ1v) is 14.0. The van der Waals surface area contributed by atoms with Crippen LogP contribution in [0.1, 0.15) is 46.4 Å². The number of hydrogen-bond donors (Lipinski definition) is 1. The summed E-state index contributed by atoms with van der Waals surface area (Å²) in [6.45, 7) is 10.5. The number of aryl methyl sites for hydroxylation is 3. The topological polar surface area (TPSA) is 92.5 Å². The van der Waals surface area contributed by atoms with Crippen LogP contribution in [0.5, 0.6) is 0 Å². The third-order valence-corrected chi connectivity index (χ3v) is 7.79. The monoisotopic (exact) mass is 552 g/mol. The zero-order valence-corrected chi connectivity index (χ0v) is 24.0. The summed E-state index contributed by atoms with van der Waals surface area (Å²) in [6, 6.07) is 20.3. The Morgan fingerprint density at radius 1 is 0.854 bits per heavy atom. The third kappa shape index (κ3) is 5.79. The number of carbonyl (C=O) groups is 2. The number of anilines is 2. The van der Waals surface area contributed by atoms with Crippen LogP contribution in [0.2, 0.25) is 0 Å². The Hall–Kier alpha value is -4.66. The molecule has 0 aliphatic carbocycles. The summed E-state index contributed by atoms with van der Waals surface area (Å²) in [5.74, 6) is -0.128. The molecule has 1 atom stereocenters. The number of ketones is 1. The van der Waals surface area contributed by atoms with Gasteiger partial charge in [-0.3, -0.25) is 4.79 Å². The molecule has 4 aromatic rings. The van der Waals surface area contributed by atoms with Crippen molar-refractivity contribution in [1.82, 2.24) is 19.2 Å². The predicted molar refractivity (Wildman–Crippen MR) is 161 cm³/mol. The fraction of sp³-hybridized carbons (Fsp3) is 0.312. The molecular formula is C32H36N6O3. The summed E-state index contributed by atoms with van der Waals surface area (Å²) in [6.07, 6.45) is 1.92. The van der Waals surface area contributed by atoms with Crippen LogP contribution >= 0.6 is 0 Å². The van der Waals surface area contributed by atoms with Gasteiger partial charge in [0.25, 0.3) is 0 Å². The van der Waals surface area contributed by atoms with Crippen LogP contribution < -0.4 is 15.9 Å². The van der Waals surface area contributed by atoms with Crippen molar-refractivity contribution in [1.29, 1.82) is 0 Å². The van der Waals surface area contributed by atoms with E-state index < -0.39 is 6.04 Å². The van der Waals surface area contributed by atoms with Crippen molar-refractivity contribution in [3.05, 3.63) is 106 Å². The molecule has 5 rings (SSSR count). The highest BCUT2D eigenvalue weighted by Crippen LogP contribution is 2.22. The van der Waals surface area contributed by atoms with Crippen molar-refractivity contribution < 1.29 is 9.59 Å². The average molecular weight is 553 g/mol. The molecule has 1 saturated heterocycles. The number of benzene rings is 3. The first kappa shape index (κ1) is 27.9. The predicted octanol–water partition coefficient (Wildman–Crippen LogP) is 5.15. The number of Topliss-reactive ketones (excluding diaryl/α,β-unsaturated/α-hetero) is 1. The van der Waals surface area contributed by atoms with Crippen LogP contribution in [0.4, 0.5) is 16.2 Å². The second-order valence-corrected chi connectivity index (χ2v) is 10.6. The summed E-state index contributed by atoms with van der Waals surface area (Å²) in [5.41, 5.74) is 5.94. The Balaban J connectivity index is 1.23. The normalized spacial score (nSPS) is 14.1. The van der Waals surface area contributed by atoms with Crippen LogP contribution in [-0.2, 0) is 0 Å². The summed E-state index contributed by atoms with van der Waals surface area (Å²) >= 11 is 0. The Bertz CT molecular complexity index is 1580. The highest BCUT2D eigenvalue weighted by molar-refractivity contribution is 5.99. The highest BCUT2D eigenvalue weighted by Gasteiger charge is 2.25. The van der Waals surface area contributed by atoms with E-state index in [1.54, 1.807) is 12.1 Å². The van der Waals surface area contributed by atoms with Crippen molar-refractivity contribution in [2.45, 2.75) is 40.2 Å². The maximum atomic E-state index is 13.3. The van der Waals surface area contributed by atoms with Gasteiger partial charge in [0, 0.05) is 43.1 Å². The lowest BCUT2D eigenvalue weighted by atomic mass is 10.0. The molecule has 1 fully saturated rings. The van der Waals surface area contributed by atoms with Crippen molar-refractivity contribution in [2.24, 2.45) is 0 Å². The van der Waals surface area contributed by atoms with Crippen LogP contribution in [-0.4, -0.2) is 57.2 Å². The molecule has 1 N–H and O–H groups in total. The molecule has 1 aromatic heterocycles. The SMILES string of the molecule is CCC(C(=O)c1ccc(C)cc1)n1ncn(-c2ccc(N3CCN(C(=O)Nc4c(C)cccc4C)CC3)cc2)c1=O. The maximum absolute atomic E-state index is 13.3. The highest BCUT2D eigenvalue weighted by atomic mass is 16.2. The molecule has 1 unspecified atom stereocenters. The second kappa shape index (κ2) is 11.8. The van der Waals surface area contributed by atoms with E-state index in [1.807, 2.05) is 87.2 Å². The van der Waals surface area contributed by atoms with Gasteiger partial charge < -0.3 is 15.1 Å². The van der Waals surface area contributed by atoms with Gasteiger partial charge in [0.1, 0.15) is 12.4 Å². The van der Waals surface area contributed by atoms with Crippen LogP contribution in [0.15, 0.2) is 77.9 Å². The molecule has 3 aromatic carbocycles. The van der Waals surface area contributed by atoms with E-state index in [0.29, 0.717) is 43.9 Å². The molecule has 212 valence electrons. The molecular weight excluding hydrogens is 516 g/mol. The van der Waals surface area contributed by atoms with E-state index in [4.69, 9.17) is 0 Å². The van der Waals surface area contributed by atoms with Gasteiger partial charge in [0.05, 0.1) is 5.69 Å². The van der Waals surface area contributed by atoms with Gasteiger partial charge >= 0.3 is 11.7 Å². The van der Waals surface area contributed by atoms with Crippen LogP contribution in [0, 0.1) is 20.8 Å². The van der Waals surface area contributed by atoms with Crippen LogP contribution in [0.3, 0.4) is 0 Å². The molecule has 2 heterocycles. The molecule has 41 heavy (non-hydrogen) atoms. The minimum atomic E-state index is -0.672. The molecule has 9 nitrogen and oxygen atoms in total. The first-order valence-electron chi connectivity index (χ1n) is 14.0. The zero-order chi connectivity index (χ0) is 29.1. The number of aromatic nitrogens is 3. The second-order valence-electron chi connectivity index (χ2n) is 10.6. The molecule has 2 amide bonds. The van der Waals surface area contributed by atoms with Gasteiger partial charge in [0.15, 0.2) is 5.78 Å². The molecule has 1 aliphatic heterocycles. The standard InChI is InChI=1S/C32H36N6O3/c1-5-28(30(39)25-11-9-22(2)10-12-25)38-32(41)37(21-33-38)27-15-13-26(14-16-27)35-17-19-36(20-18-35)31(40)34-29-23(3)7-6-8-24(29)4/h6-16,21,28H,5,17-20H2,1-4H3,(H,34,40). The van der Waals surface area contributed by atoms with Gasteiger partial charge in [0.2, 0.25) is 0 Å². The third-order valence-electron chi connectivity index (χ3n) is 7.79. The molecule has 1 aliphatic rings. The van der Waals surface area contributed by atoms with E-state index in [1.165, 1.54) is 15.6 Å². The van der Waals surface area contributed by atoms with Gasteiger partial charge in [-0.2, -0.15) is 5.10 Å². The fourth-order valence-electron chi connectivity index (χ4n) is 5.28. The lowest BCUT2D eigenvalue weighted by Gasteiger charge is -2.36. The molecule has 0 saturated carbocycles. The summed E-state index contributed by atoms with van der Waals surface area (Å²) in [4.78, 5) is 43.4. The number of nitrogens with one attached hydrogen (secondary N) is 1. The fourth-order valence-corrected chi connectivity index (χ4v) is 5.28. The maximum Gasteiger partial charge on any atom is 0.351 e. The Morgan fingerprint density at radius 2 is 1.46 bits per heavy atom. The molecule has 9 heteroatoms. The number of para-hydroxylation sites is 1. The van der Waals surface area contributed by atoms with Gasteiger partial charge in [-0.15, -0.1) is 0 Å². The number of amides is 2. The van der Waals surface area contributed by atoms with Gasteiger partial charge in [-0.1, -0.05) is 55.0 Å². The Labute approximate surface area is 240 Å². The van der Waals surface area contributed by atoms with Crippen molar-refractivity contribution in [3.8, 4) is 5.69 Å². The number of carbonyl (C=O) groups excluding carboxylic acids is 2. The zero-order valence-electron chi connectivity index (χ0n) is 24.0. The summed E-state index contributed by atoms with van der Waals surface area (Å²) < 4.78 is 2.74. The number of hydrogen-bond acceptors (Lipinski definition) is 5. The lowest BCUT2D eigenvalue weighted by Crippen LogP contribution is -2.50. The van der Waals surface area contributed by atoms with Crippen LogP contribution in [0.25, 0.3) is 5.69 Å². The number of piperazine rings is 1. The van der Waals surface area contributed by atoms with Crippen molar-refractivity contribution in [2.75, 3.05) is 36.4 Å². The van der Waals surface area contributed by atoms with Crippen molar-refractivity contribution in [3.63, 3.8) is 0 Å². The van der Waals surface area contributed by atoms with E-state index in [9.17, 15) is 14.4 Å². The molecule has 0 radical (unpaired) electrons.